The molecule has 2 aromatic rings. The number of fused-ring (bicyclic) bond motifs is 1. The van der Waals surface area contributed by atoms with Gasteiger partial charge < -0.3 is 4.90 Å². The number of hydrogen-bond acceptors (Lipinski definition) is 4. The molecule has 0 N–H and O–H groups in total. The van der Waals surface area contributed by atoms with E-state index in [1.165, 1.54) is 55.0 Å². The Morgan fingerprint density at radius 3 is 2.82 bits per heavy atom. The van der Waals surface area contributed by atoms with E-state index in [9.17, 15) is 0 Å². The van der Waals surface area contributed by atoms with Crippen LogP contribution in [0.15, 0.2) is 22.7 Å². The zero-order valence-corrected chi connectivity index (χ0v) is 15.2. The standard InChI is InChI=1S/C17H22BrN3S/c18-13-6-7-15-16(11-13)22-17(19-15)21-10-4-5-14(12-21)20-8-2-1-3-9-20/h6-7,11,14H,1-5,8-10,12H2/t14-/m1/s1. The van der Waals surface area contributed by atoms with Crippen molar-refractivity contribution in [2.75, 3.05) is 31.1 Å². The fourth-order valence-corrected chi connectivity index (χ4v) is 5.28. The molecule has 0 aliphatic carbocycles. The highest BCUT2D eigenvalue weighted by Gasteiger charge is 2.27. The van der Waals surface area contributed by atoms with Crippen LogP contribution in [-0.4, -0.2) is 42.1 Å². The third-order valence-electron chi connectivity index (χ3n) is 4.91. The molecule has 3 heterocycles. The molecule has 3 nitrogen and oxygen atoms in total. The van der Waals surface area contributed by atoms with Gasteiger partial charge in [0.05, 0.1) is 10.2 Å². The van der Waals surface area contributed by atoms with Crippen LogP contribution in [0.3, 0.4) is 0 Å². The zero-order chi connectivity index (χ0) is 14.9. The van der Waals surface area contributed by atoms with E-state index in [1.54, 1.807) is 0 Å². The van der Waals surface area contributed by atoms with Crippen LogP contribution in [0.1, 0.15) is 32.1 Å². The highest BCUT2D eigenvalue weighted by molar-refractivity contribution is 9.10. The number of benzene rings is 1. The maximum atomic E-state index is 4.86. The number of aromatic nitrogens is 1. The summed E-state index contributed by atoms with van der Waals surface area (Å²) in [4.78, 5) is 10.1. The van der Waals surface area contributed by atoms with E-state index in [-0.39, 0.29) is 0 Å². The van der Waals surface area contributed by atoms with Crippen molar-refractivity contribution in [3.63, 3.8) is 0 Å². The Balaban J connectivity index is 1.52. The lowest BCUT2D eigenvalue weighted by Gasteiger charge is -2.40. The Morgan fingerprint density at radius 2 is 1.95 bits per heavy atom. The number of halogens is 1. The van der Waals surface area contributed by atoms with Crippen molar-refractivity contribution in [1.82, 2.24) is 9.88 Å². The first-order valence-electron chi connectivity index (χ1n) is 8.35. The predicted molar refractivity (Wildman–Crippen MR) is 98.0 cm³/mol. The van der Waals surface area contributed by atoms with Crippen LogP contribution in [0.2, 0.25) is 0 Å². The van der Waals surface area contributed by atoms with Gasteiger partial charge in [-0.15, -0.1) is 0 Å². The number of piperidine rings is 2. The lowest BCUT2D eigenvalue weighted by atomic mass is 10.0. The molecule has 22 heavy (non-hydrogen) atoms. The van der Waals surface area contributed by atoms with Crippen molar-refractivity contribution >= 4 is 42.6 Å². The van der Waals surface area contributed by atoms with E-state index in [0.29, 0.717) is 0 Å². The van der Waals surface area contributed by atoms with E-state index in [4.69, 9.17) is 4.98 Å². The van der Waals surface area contributed by atoms with Crippen LogP contribution in [0.25, 0.3) is 10.2 Å². The third-order valence-corrected chi connectivity index (χ3v) is 6.49. The Hall–Kier alpha value is -0.650. The fourth-order valence-electron chi connectivity index (χ4n) is 3.73. The molecule has 2 fully saturated rings. The summed E-state index contributed by atoms with van der Waals surface area (Å²) in [7, 11) is 0. The minimum absolute atomic E-state index is 0.729. The molecule has 2 aliphatic heterocycles. The number of thiazole rings is 1. The van der Waals surface area contributed by atoms with Gasteiger partial charge in [-0.25, -0.2) is 4.98 Å². The van der Waals surface area contributed by atoms with Crippen LogP contribution in [0, 0.1) is 0 Å². The molecule has 2 saturated heterocycles. The largest absolute Gasteiger partial charge is 0.346 e. The van der Waals surface area contributed by atoms with Crippen molar-refractivity contribution in [3.8, 4) is 0 Å². The molecule has 1 aromatic heterocycles. The number of rotatable bonds is 2. The first kappa shape index (κ1) is 14.9. The summed E-state index contributed by atoms with van der Waals surface area (Å²) in [6.07, 6.45) is 6.82. The molecule has 2 aliphatic rings. The summed E-state index contributed by atoms with van der Waals surface area (Å²) in [5.41, 5.74) is 1.13. The normalized spacial score (nSPS) is 24.0. The van der Waals surface area contributed by atoms with Gasteiger partial charge in [0.15, 0.2) is 5.13 Å². The molecular formula is C17H22BrN3S. The first-order chi connectivity index (χ1) is 10.8. The van der Waals surface area contributed by atoms with Crippen LogP contribution in [-0.2, 0) is 0 Å². The molecule has 118 valence electrons. The SMILES string of the molecule is Brc1ccc2nc(N3CCC[C@@H](N4CCCCC4)C3)sc2c1. The van der Waals surface area contributed by atoms with Gasteiger partial charge >= 0.3 is 0 Å². The van der Waals surface area contributed by atoms with Gasteiger partial charge in [-0.3, -0.25) is 4.90 Å². The zero-order valence-electron chi connectivity index (χ0n) is 12.8. The highest BCUT2D eigenvalue weighted by Crippen LogP contribution is 2.33. The first-order valence-corrected chi connectivity index (χ1v) is 9.96. The number of likely N-dealkylation sites (tertiary alicyclic amines) is 1. The third kappa shape index (κ3) is 3.03. The lowest BCUT2D eigenvalue weighted by Crippen LogP contribution is -2.49. The highest BCUT2D eigenvalue weighted by atomic mass is 79.9. The topological polar surface area (TPSA) is 19.4 Å². The summed E-state index contributed by atoms with van der Waals surface area (Å²) in [5, 5.41) is 1.20. The van der Waals surface area contributed by atoms with Crippen molar-refractivity contribution in [1.29, 1.82) is 0 Å². The summed E-state index contributed by atoms with van der Waals surface area (Å²) in [6.45, 7) is 4.91. The maximum Gasteiger partial charge on any atom is 0.186 e. The monoisotopic (exact) mass is 379 g/mol. The van der Waals surface area contributed by atoms with E-state index in [2.05, 4.69) is 43.9 Å². The van der Waals surface area contributed by atoms with Crippen molar-refractivity contribution in [2.24, 2.45) is 0 Å². The number of nitrogens with zero attached hydrogens (tertiary/aromatic N) is 3. The van der Waals surface area contributed by atoms with Crippen molar-refractivity contribution < 1.29 is 0 Å². The van der Waals surface area contributed by atoms with Gasteiger partial charge in [0.1, 0.15) is 0 Å². The van der Waals surface area contributed by atoms with Gasteiger partial charge in [0.25, 0.3) is 0 Å². The van der Waals surface area contributed by atoms with Crippen molar-refractivity contribution in [3.05, 3.63) is 22.7 Å². The van der Waals surface area contributed by atoms with Gasteiger partial charge in [-0.1, -0.05) is 33.7 Å². The summed E-state index contributed by atoms with van der Waals surface area (Å²) in [5.74, 6) is 0. The van der Waals surface area contributed by atoms with E-state index in [0.717, 1.165) is 29.1 Å². The van der Waals surface area contributed by atoms with Crippen LogP contribution < -0.4 is 4.90 Å². The van der Waals surface area contributed by atoms with Gasteiger partial charge in [0.2, 0.25) is 0 Å². The smallest absolute Gasteiger partial charge is 0.186 e. The van der Waals surface area contributed by atoms with E-state index >= 15 is 0 Å². The molecular weight excluding hydrogens is 358 g/mol. The predicted octanol–water partition coefficient (Wildman–Crippen LogP) is 4.51. The number of hydrogen-bond donors (Lipinski definition) is 0. The molecule has 1 atom stereocenters. The molecule has 1 aromatic carbocycles. The summed E-state index contributed by atoms with van der Waals surface area (Å²) < 4.78 is 2.42. The van der Waals surface area contributed by atoms with Crippen LogP contribution in [0.4, 0.5) is 5.13 Å². The molecule has 0 spiro atoms. The number of anilines is 1. The Labute approximate surface area is 144 Å². The summed E-state index contributed by atoms with van der Waals surface area (Å²) >= 11 is 5.39. The molecule has 5 heteroatoms. The van der Waals surface area contributed by atoms with Gasteiger partial charge in [-0.05, 0) is 57.0 Å². The Morgan fingerprint density at radius 1 is 1.09 bits per heavy atom. The minimum Gasteiger partial charge on any atom is -0.346 e. The van der Waals surface area contributed by atoms with E-state index < -0.39 is 0 Å². The molecule has 0 bridgehead atoms. The van der Waals surface area contributed by atoms with Crippen molar-refractivity contribution in [2.45, 2.75) is 38.1 Å². The van der Waals surface area contributed by atoms with Gasteiger partial charge in [0, 0.05) is 23.6 Å². The van der Waals surface area contributed by atoms with Crippen LogP contribution >= 0.6 is 27.3 Å². The fraction of sp³-hybridized carbons (Fsp3) is 0.588. The average molecular weight is 380 g/mol. The van der Waals surface area contributed by atoms with Crippen LogP contribution in [0.5, 0.6) is 0 Å². The molecule has 0 saturated carbocycles. The van der Waals surface area contributed by atoms with E-state index in [1.807, 2.05) is 11.3 Å². The van der Waals surface area contributed by atoms with Gasteiger partial charge in [-0.2, -0.15) is 0 Å². The second-order valence-electron chi connectivity index (χ2n) is 6.45. The Kier molecular flexibility index (Phi) is 4.38. The maximum absolute atomic E-state index is 4.86. The summed E-state index contributed by atoms with van der Waals surface area (Å²) in [6, 6.07) is 7.11. The quantitative estimate of drug-likeness (QED) is 0.764. The molecule has 0 unspecified atom stereocenters. The molecule has 0 radical (unpaired) electrons. The minimum atomic E-state index is 0.729. The lowest BCUT2D eigenvalue weighted by molar-refractivity contribution is 0.147. The average Bonchev–Trinajstić information content (AvgIpc) is 2.99. The second-order valence-corrected chi connectivity index (χ2v) is 8.37. The molecule has 4 rings (SSSR count). The molecule has 0 amide bonds. The Bertz CT molecular complexity index is 650. The second kappa shape index (κ2) is 6.46.